The zero-order valence-electron chi connectivity index (χ0n) is 18.2. The first-order chi connectivity index (χ1) is 14.9. The van der Waals surface area contributed by atoms with Crippen molar-refractivity contribution in [2.45, 2.75) is 33.2 Å². The summed E-state index contributed by atoms with van der Waals surface area (Å²) in [7, 11) is 0. The van der Waals surface area contributed by atoms with Gasteiger partial charge in [-0.15, -0.1) is 11.3 Å². The Morgan fingerprint density at radius 3 is 2.71 bits per heavy atom. The number of piperazine rings is 1. The van der Waals surface area contributed by atoms with Crippen molar-refractivity contribution in [3.8, 4) is 5.75 Å². The summed E-state index contributed by atoms with van der Waals surface area (Å²) in [5.74, 6) is 1.14. The average Bonchev–Trinajstić information content (AvgIpc) is 3.21. The highest BCUT2D eigenvalue weighted by Gasteiger charge is 2.22. The van der Waals surface area contributed by atoms with Crippen LogP contribution in [0.3, 0.4) is 0 Å². The van der Waals surface area contributed by atoms with Crippen LogP contribution >= 0.6 is 11.3 Å². The van der Waals surface area contributed by atoms with Crippen LogP contribution in [0.25, 0.3) is 4.96 Å². The number of aromatic nitrogens is 2. The number of thiazole rings is 1. The molecule has 0 bridgehead atoms. The van der Waals surface area contributed by atoms with Crippen molar-refractivity contribution in [1.29, 1.82) is 0 Å². The molecule has 0 unspecified atom stereocenters. The number of amides is 1. The summed E-state index contributed by atoms with van der Waals surface area (Å²) in [4.78, 5) is 34.2. The van der Waals surface area contributed by atoms with Crippen molar-refractivity contribution in [1.82, 2.24) is 19.2 Å². The van der Waals surface area contributed by atoms with Gasteiger partial charge in [-0.1, -0.05) is 26.0 Å². The van der Waals surface area contributed by atoms with Crippen LogP contribution in [0.15, 0.2) is 40.6 Å². The Bertz CT molecular complexity index is 1130. The van der Waals surface area contributed by atoms with E-state index < -0.39 is 0 Å². The van der Waals surface area contributed by atoms with Crippen molar-refractivity contribution in [2.24, 2.45) is 0 Å². The van der Waals surface area contributed by atoms with E-state index in [0.29, 0.717) is 30.5 Å². The van der Waals surface area contributed by atoms with Gasteiger partial charge >= 0.3 is 0 Å². The number of ether oxygens (including phenoxy) is 1. The SMILES string of the molecule is Cc1ccc(C(C)C)c(OCC(=O)N2CCN(Cc3cc(=O)n4ccsc4n3)CC2)c1. The van der Waals surface area contributed by atoms with Gasteiger partial charge in [0.1, 0.15) is 5.75 Å². The van der Waals surface area contributed by atoms with E-state index in [0.717, 1.165) is 35.7 Å². The standard InChI is InChI=1S/C23H28N4O3S/c1-16(2)19-5-4-17(3)12-20(19)30-15-22(29)26-8-6-25(7-9-26)14-18-13-21(28)27-10-11-31-23(27)24-18/h4-5,10-13,16H,6-9,14-15H2,1-3H3. The van der Waals surface area contributed by atoms with Crippen LogP contribution in [-0.2, 0) is 11.3 Å². The predicted molar refractivity (Wildman–Crippen MR) is 122 cm³/mol. The van der Waals surface area contributed by atoms with Crippen LogP contribution in [-0.4, -0.2) is 57.9 Å². The van der Waals surface area contributed by atoms with Crippen LogP contribution in [0.2, 0.25) is 0 Å². The molecule has 1 aliphatic heterocycles. The molecule has 0 spiro atoms. The molecule has 3 heterocycles. The molecule has 0 radical (unpaired) electrons. The number of hydrogen-bond donors (Lipinski definition) is 0. The van der Waals surface area contributed by atoms with E-state index in [2.05, 4.69) is 35.9 Å². The first-order valence-electron chi connectivity index (χ1n) is 10.6. The van der Waals surface area contributed by atoms with Crippen LogP contribution in [0.1, 0.15) is 36.6 Å². The number of fused-ring (bicyclic) bond motifs is 1. The van der Waals surface area contributed by atoms with Crippen LogP contribution in [0.4, 0.5) is 0 Å². The highest BCUT2D eigenvalue weighted by atomic mass is 32.1. The predicted octanol–water partition coefficient (Wildman–Crippen LogP) is 2.91. The lowest BCUT2D eigenvalue weighted by molar-refractivity contribution is -0.135. The largest absolute Gasteiger partial charge is 0.483 e. The summed E-state index contributed by atoms with van der Waals surface area (Å²) in [6.45, 7) is 9.73. The molecule has 1 fully saturated rings. The summed E-state index contributed by atoms with van der Waals surface area (Å²) in [5, 5.41) is 1.86. The lowest BCUT2D eigenvalue weighted by Gasteiger charge is -2.34. The fraction of sp³-hybridized carbons (Fsp3) is 0.435. The second-order valence-electron chi connectivity index (χ2n) is 8.28. The lowest BCUT2D eigenvalue weighted by atomic mass is 10.0. The van der Waals surface area contributed by atoms with Gasteiger partial charge in [0.05, 0.1) is 5.69 Å². The Balaban J connectivity index is 1.31. The van der Waals surface area contributed by atoms with Gasteiger partial charge in [0.2, 0.25) is 0 Å². The Hall–Kier alpha value is -2.71. The summed E-state index contributed by atoms with van der Waals surface area (Å²) >= 11 is 1.46. The third kappa shape index (κ3) is 4.97. The molecule has 2 aromatic heterocycles. The zero-order chi connectivity index (χ0) is 22.0. The minimum Gasteiger partial charge on any atom is -0.483 e. The van der Waals surface area contributed by atoms with Crippen molar-refractivity contribution >= 4 is 22.2 Å². The molecule has 0 aliphatic carbocycles. The molecule has 1 amide bonds. The maximum absolute atomic E-state index is 12.7. The second kappa shape index (κ2) is 9.20. The van der Waals surface area contributed by atoms with Gasteiger partial charge < -0.3 is 9.64 Å². The highest BCUT2D eigenvalue weighted by molar-refractivity contribution is 7.15. The first-order valence-corrected chi connectivity index (χ1v) is 11.5. The van der Waals surface area contributed by atoms with Gasteiger partial charge in [-0.2, -0.15) is 0 Å². The Kier molecular flexibility index (Phi) is 6.38. The molecule has 8 heteroatoms. The molecule has 7 nitrogen and oxygen atoms in total. The minimum absolute atomic E-state index is 0.00670. The Morgan fingerprint density at radius 2 is 1.97 bits per heavy atom. The molecular weight excluding hydrogens is 412 g/mol. The molecule has 31 heavy (non-hydrogen) atoms. The fourth-order valence-electron chi connectivity index (χ4n) is 3.83. The Morgan fingerprint density at radius 1 is 1.19 bits per heavy atom. The van der Waals surface area contributed by atoms with Gasteiger partial charge in [0, 0.05) is 50.4 Å². The number of rotatable bonds is 6. The van der Waals surface area contributed by atoms with Crippen molar-refractivity contribution < 1.29 is 9.53 Å². The van der Waals surface area contributed by atoms with Crippen molar-refractivity contribution in [3.05, 3.63) is 63.0 Å². The van der Waals surface area contributed by atoms with Gasteiger partial charge in [0.15, 0.2) is 11.6 Å². The van der Waals surface area contributed by atoms with Crippen molar-refractivity contribution in [3.63, 3.8) is 0 Å². The molecule has 0 atom stereocenters. The lowest BCUT2D eigenvalue weighted by Crippen LogP contribution is -2.49. The maximum atomic E-state index is 12.7. The number of nitrogens with zero attached hydrogens (tertiary/aromatic N) is 4. The highest BCUT2D eigenvalue weighted by Crippen LogP contribution is 2.27. The molecule has 0 N–H and O–H groups in total. The van der Waals surface area contributed by atoms with Gasteiger partial charge in [-0.25, -0.2) is 4.98 Å². The summed E-state index contributed by atoms with van der Waals surface area (Å²) in [6, 6.07) is 7.74. The molecule has 1 aliphatic rings. The molecule has 0 saturated carbocycles. The van der Waals surface area contributed by atoms with E-state index in [4.69, 9.17) is 4.74 Å². The third-order valence-corrected chi connectivity index (χ3v) is 6.37. The number of carbonyl (C=O) groups excluding carboxylic acids is 1. The quantitative estimate of drug-likeness (QED) is 0.590. The van der Waals surface area contributed by atoms with E-state index in [9.17, 15) is 9.59 Å². The summed E-state index contributed by atoms with van der Waals surface area (Å²) in [6.07, 6.45) is 1.74. The average molecular weight is 441 g/mol. The number of hydrogen-bond acceptors (Lipinski definition) is 6. The maximum Gasteiger partial charge on any atom is 0.260 e. The minimum atomic E-state index is -0.0517. The number of carbonyl (C=O) groups is 1. The van der Waals surface area contributed by atoms with Crippen LogP contribution in [0, 0.1) is 6.92 Å². The van der Waals surface area contributed by atoms with Crippen LogP contribution < -0.4 is 10.3 Å². The normalized spacial score (nSPS) is 15.0. The van der Waals surface area contributed by atoms with Gasteiger partial charge in [0.25, 0.3) is 11.5 Å². The Labute approximate surface area is 185 Å². The van der Waals surface area contributed by atoms with Crippen LogP contribution in [0.5, 0.6) is 5.75 Å². The molecule has 3 aromatic rings. The smallest absolute Gasteiger partial charge is 0.260 e. The molecule has 1 aromatic carbocycles. The number of benzene rings is 1. The zero-order valence-corrected chi connectivity index (χ0v) is 19.0. The first kappa shape index (κ1) is 21.5. The van der Waals surface area contributed by atoms with E-state index >= 15 is 0 Å². The van der Waals surface area contributed by atoms with E-state index in [1.165, 1.54) is 11.3 Å². The molecule has 1 saturated heterocycles. The summed E-state index contributed by atoms with van der Waals surface area (Å²) in [5.41, 5.74) is 2.96. The van der Waals surface area contributed by atoms with E-state index in [1.807, 2.05) is 23.3 Å². The number of aryl methyl sites for hydroxylation is 1. The fourth-order valence-corrected chi connectivity index (χ4v) is 4.57. The van der Waals surface area contributed by atoms with E-state index in [1.54, 1.807) is 16.7 Å². The topological polar surface area (TPSA) is 67.2 Å². The molecule has 4 rings (SSSR count). The van der Waals surface area contributed by atoms with E-state index in [-0.39, 0.29) is 18.1 Å². The van der Waals surface area contributed by atoms with Gasteiger partial charge in [-0.3, -0.25) is 18.9 Å². The molecule has 164 valence electrons. The van der Waals surface area contributed by atoms with Crippen molar-refractivity contribution in [2.75, 3.05) is 32.8 Å². The summed E-state index contributed by atoms with van der Waals surface area (Å²) < 4.78 is 7.47. The monoisotopic (exact) mass is 440 g/mol. The van der Waals surface area contributed by atoms with Gasteiger partial charge in [-0.05, 0) is 30.0 Å². The second-order valence-corrected chi connectivity index (χ2v) is 9.16. The third-order valence-electron chi connectivity index (χ3n) is 5.61. The molecular formula is C23H28N4O3S.